The molecule has 0 radical (unpaired) electrons. The Morgan fingerprint density at radius 1 is 1.36 bits per heavy atom. The molecule has 1 N–H and O–H groups in total. The molecule has 1 saturated heterocycles. The van der Waals surface area contributed by atoms with Crippen LogP contribution in [0.1, 0.15) is 26.7 Å². The first-order valence-electron chi connectivity index (χ1n) is 5.73. The lowest BCUT2D eigenvalue weighted by Crippen LogP contribution is -2.47. The third-order valence-corrected chi connectivity index (χ3v) is 2.85. The minimum absolute atomic E-state index is 0.261. The highest BCUT2D eigenvalue weighted by atomic mass is 16.5. The Balaban J connectivity index is 1.70. The van der Waals surface area contributed by atoms with Gasteiger partial charge in [-0.05, 0) is 32.6 Å². The van der Waals surface area contributed by atoms with Crippen LogP contribution in [-0.2, 0) is 9.47 Å². The average molecular weight is 199 g/mol. The van der Waals surface area contributed by atoms with E-state index < -0.39 is 0 Å². The van der Waals surface area contributed by atoms with Crippen LogP contribution in [0.25, 0.3) is 0 Å². The molecule has 14 heavy (non-hydrogen) atoms. The summed E-state index contributed by atoms with van der Waals surface area (Å²) < 4.78 is 11.5. The van der Waals surface area contributed by atoms with Gasteiger partial charge in [-0.15, -0.1) is 0 Å². The first-order chi connectivity index (χ1) is 6.75. The van der Waals surface area contributed by atoms with E-state index in [-0.39, 0.29) is 6.10 Å². The third kappa shape index (κ3) is 2.94. The molecular formula is C11H21NO2. The van der Waals surface area contributed by atoms with Crippen LogP contribution in [0.3, 0.4) is 0 Å². The van der Waals surface area contributed by atoms with Crippen molar-refractivity contribution in [1.82, 2.24) is 5.32 Å². The number of rotatable bonds is 4. The van der Waals surface area contributed by atoms with Crippen LogP contribution in [0.5, 0.6) is 0 Å². The molecule has 2 aliphatic rings. The minimum Gasteiger partial charge on any atom is -0.376 e. The molecule has 0 aromatic rings. The molecule has 0 spiro atoms. The Labute approximate surface area is 86.2 Å². The second kappa shape index (κ2) is 4.60. The fraction of sp³-hybridized carbons (Fsp3) is 1.00. The van der Waals surface area contributed by atoms with E-state index in [0.29, 0.717) is 12.2 Å². The van der Waals surface area contributed by atoms with E-state index in [1.54, 1.807) is 0 Å². The SMILES string of the molecule is CC(C)OCC1CNCC(C2CC2)O1. The topological polar surface area (TPSA) is 30.5 Å². The van der Waals surface area contributed by atoms with E-state index in [1.165, 1.54) is 12.8 Å². The molecular weight excluding hydrogens is 178 g/mol. The van der Waals surface area contributed by atoms with Gasteiger partial charge in [0.1, 0.15) is 0 Å². The van der Waals surface area contributed by atoms with Gasteiger partial charge < -0.3 is 14.8 Å². The van der Waals surface area contributed by atoms with Crippen molar-refractivity contribution < 1.29 is 9.47 Å². The third-order valence-electron chi connectivity index (χ3n) is 2.85. The molecule has 0 aromatic heterocycles. The molecule has 1 heterocycles. The Hall–Kier alpha value is -0.120. The first kappa shape index (κ1) is 10.4. The number of ether oxygens (including phenoxy) is 2. The van der Waals surface area contributed by atoms with Gasteiger partial charge in [0.25, 0.3) is 0 Å². The van der Waals surface area contributed by atoms with Crippen LogP contribution in [0.2, 0.25) is 0 Å². The summed E-state index contributed by atoms with van der Waals surface area (Å²) in [5, 5.41) is 3.42. The maximum atomic E-state index is 5.97. The number of nitrogens with one attached hydrogen (secondary N) is 1. The molecule has 82 valence electrons. The Morgan fingerprint density at radius 2 is 2.14 bits per heavy atom. The van der Waals surface area contributed by atoms with Gasteiger partial charge >= 0.3 is 0 Å². The molecule has 2 unspecified atom stereocenters. The van der Waals surface area contributed by atoms with Crippen molar-refractivity contribution in [3.8, 4) is 0 Å². The zero-order valence-corrected chi connectivity index (χ0v) is 9.16. The molecule has 3 heteroatoms. The van der Waals surface area contributed by atoms with E-state index in [0.717, 1.165) is 25.6 Å². The van der Waals surface area contributed by atoms with Gasteiger partial charge in [-0.1, -0.05) is 0 Å². The van der Waals surface area contributed by atoms with E-state index >= 15 is 0 Å². The van der Waals surface area contributed by atoms with Crippen LogP contribution in [0.4, 0.5) is 0 Å². The van der Waals surface area contributed by atoms with Crippen molar-refractivity contribution >= 4 is 0 Å². The van der Waals surface area contributed by atoms with Crippen molar-refractivity contribution in [2.24, 2.45) is 5.92 Å². The van der Waals surface area contributed by atoms with Gasteiger partial charge in [-0.3, -0.25) is 0 Å². The molecule has 2 fully saturated rings. The molecule has 0 aromatic carbocycles. The molecule has 1 aliphatic heterocycles. The quantitative estimate of drug-likeness (QED) is 0.737. The van der Waals surface area contributed by atoms with Crippen molar-refractivity contribution in [2.75, 3.05) is 19.7 Å². The maximum absolute atomic E-state index is 5.97. The van der Waals surface area contributed by atoms with Crippen LogP contribution >= 0.6 is 0 Å². The van der Waals surface area contributed by atoms with Crippen LogP contribution in [0.15, 0.2) is 0 Å². The smallest absolute Gasteiger partial charge is 0.0937 e. The number of hydrogen-bond acceptors (Lipinski definition) is 3. The second-order valence-electron chi connectivity index (χ2n) is 4.67. The largest absolute Gasteiger partial charge is 0.376 e. The average Bonchev–Trinajstić information content (AvgIpc) is 2.98. The predicted molar refractivity (Wildman–Crippen MR) is 55.3 cm³/mol. The monoisotopic (exact) mass is 199 g/mol. The van der Waals surface area contributed by atoms with E-state index in [1.807, 2.05) is 0 Å². The maximum Gasteiger partial charge on any atom is 0.0937 e. The molecule has 1 aliphatic carbocycles. The standard InChI is InChI=1S/C11H21NO2/c1-8(2)13-7-10-5-12-6-11(14-10)9-3-4-9/h8-12H,3-7H2,1-2H3. The van der Waals surface area contributed by atoms with E-state index in [9.17, 15) is 0 Å². The first-order valence-corrected chi connectivity index (χ1v) is 5.73. The highest BCUT2D eigenvalue weighted by Crippen LogP contribution is 2.35. The predicted octanol–water partition coefficient (Wildman–Crippen LogP) is 1.18. The summed E-state index contributed by atoms with van der Waals surface area (Å²) in [4.78, 5) is 0. The summed E-state index contributed by atoms with van der Waals surface area (Å²) in [7, 11) is 0. The van der Waals surface area contributed by atoms with Gasteiger partial charge in [0.15, 0.2) is 0 Å². The van der Waals surface area contributed by atoms with Crippen molar-refractivity contribution in [3.05, 3.63) is 0 Å². The number of hydrogen-bond donors (Lipinski definition) is 1. The van der Waals surface area contributed by atoms with Crippen molar-refractivity contribution in [1.29, 1.82) is 0 Å². The Kier molecular flexibility index (Phi) is 3.42. The second-order valence-corrected chi connectivity index (χ2v) is 4.67. The fourth-order valence-electron chi connectivity index (χ4n) is 1.87. The summed E-state index contributed by atoms with van der Waals surface area (Å²) in [6, 6.07) is 0. The zero-order valence-electron chi connectivity index (χ0n) is 9.16. The fourth-order valence-corrected chi connectivity index (χ4v) is 1.87. The van der Waals surface area contributed by atoms with Gasteiger partial charge in [-0.25, -0.2) is 0 Å². The van der Waals surface area contributed by atoms with Crippen LogP contribution < -0.4 is 5.32 Å². The Bertz CT molecular complexity index is 180. The molecule has 3 nitrogen and oxygen atoms in total. The normalized spacial score (nSPS) is 33.6. The summed E-state index contributed by atoms with van der Waals surface area (Å²) >= 11 is 0. The zero-order chi connectivity index (χ0) is 9.97. The Morgan fingerprint density at radius 3 is 2.79 bits per heavy atom. The number of morpholine rings is 1. The highest BCUT2D eigenvalue weighted by molar-refractivity contribution is 4.87. The lowest BCUT2D eigenvalue weighted by Gasteiger charge is -2.31. The van der Waals surface area contributed by atoms with Crippen LogP contribution in [0, 0.1) is 5.92 Å². The summed E-state index contributed by atoms with van der Waals surface area (Å²) in [5.74, 6) is 0.823. The minimum atomic E-state index is 0.261. The molecule has 0 bridgehead atoms. The van der Waals surface area contributed by atoms with Crippen molar-refractivity contribution in [3.63, 3.8) is 0 Å². The molecule has 1 saturated carbocycles. The lowest BCUT2D eigenvalue weighted by atomic mass is 10.2. The summed E-state index contributed by atoms with van der Waals surface area (Å²) in [6.07, 6.45) is 3.72. The van der Waals surface area contributed by atoms with Crippen LogP contribution in [-0.4, -0.2) is 38.0 Å². The van der Waals surface area contributed by atoms with Gasteiger partial charge in [0.05, 0.1) is 24.9 Å². The summed E-state index contributed by atoms with van der Waals surface area (Å²) in [6.45, 7) is 6.83. The van der Waals surface area contributed by atoms with E-state index in [2.05, 4.69) is 19.2 Å². The van der Waals surface area contributed by atoms with Crippen molar-refractivity contribution in [2.45, 2.75) is 45.0 Å². The lowest BCUT2D eigenvalue weighted by molar-refractivity contribution is -0.0921. The van der Waals surface area contributed by atoms with Gasteiger partial charge in [0, 0.05) is 13.1 Å². The van der Waals surface area contributed by atoms with Gasteiger partial charge in [0.2, 0.25) is 0 Å². The molecule has 0 amide bonds. The highest BCUT2D eigenvalue weighted by Gasteiger charge is 2.35. The van der Waals surface area contributed by atoms with Gasteiger partial charge in [-0.2, -0.15) is 0 Å². The molecule has 2 rings (SSSR count). The van der Waals surface area contributed by atoms with E-state index in [4.69, 9.17) is 9.47 Å². The molecule has 2 atom stereocenters. The summed E-state index contributed by atoms with van der Waals surface area (Å²) in [5.41, 5.74) is 0.